The van der Waals surface area contributed by atoms with E-state index < -0.39 is 12.0 Å². The van der Waals surface area contributed by atoms with Crippen LogP contribution < -0.4 is 15.4 Å². The molecular formula is C16H15ClN2O4. The van der Waals surface area contributed by atoms with Gasteiger partial charge in [-0.3, -0.25) is 0 Å². The Kier molecular flexibility index (Phi) is 5.43. The van der Waals surface area contributed by atoms with Gasteiger partial charge in [0.05, 0.1) is 24.8 Å². The molecule has 6 nitrogen and oxygen atoms in total. The summed E-state index contributed by atoms with van der Waals surface area (Å²) in [5.74, 6) is 0.0411. The van der Waals surface area contributed by atoms with E-state index in [1.165, 1.54) is 20.3 Å². The molecule has 2 aromatic rings. The van der Waals surface area contributed by atoms with Crippen molar-refractivity contribution in [1.29, 1.82) is 0 Å². The molecule has 0 aliphatic heterocycles. The van der Waals surface area contributed by atoms with Crippen molar-refractivity contribution in [3.05, 3.63) is 53.1 Å². The van der Waals surface area contributed by atoms with Gasteiger partial charge in [0, 0.05) is 11.4 Å². The summed E-state index contributed by atoms with van der Waals surface area (Å²) in [6.07, 6.45) is 0. The molecule has 0 radical (unpaired) electrons. The lowest BCUT2D eigenvalue weighted by Crippen LogP contribution is -2.19. The summed E-state index contributed by atoms with van der Waals surface area (Å²) in [5.41, 5.74) is 1.32. The van der Waals surface area contributed by atoms with E-state index in [0.717, 1.165) is 0 Å². The standard InChI is InChI=1S/C16H15ClN2O4/c1-22-14-7-6-12(9-13(14)17)19-16(21)18-11-5-3-4-10(8-11)15(20)23-2/h3-9H,1-2H3,(H2,18,19,21). The lowest BCUT2D eigenvalue weighted by Gasteiger charge is -2.10. The maximum Gasteiger partial charge on any atom is 0.337 e. The molecule has 2 amide bonds. The van der Waals surface area contributed by atoms with Gasteiger partial charge in [0.25, 0.3) is 0 Å². The number of ether oxygens (including phenoxy) is 2. The number of urea groups is 1. The first-order valence-electron chi connectivity index (χ1n) is 6.63. The van der Waals surface area contributed by atoms with Crippen molar-refractivity contribution in [1.82, 2.24) is 0 Å². The lowest BCUT2D eigenvalue weighted by atomic mass is 10.2. The van der Waals surface area contributed by atoms with E-state index in [1.54, 1.807) is 36.4 Å². The number of halogens is 1. The van der Waals surface area contributed by atoms with E-state index in [-0.39, 0.29) is 0 Å². The van der Waals surface area contributed by atoms with Crippen LogP contribution in [0.25, 0.3) is 0 Å². The number of methoxy groups -OCH3 is 2. The number of benzene rings is 2. The fourth-order valence-corrected chi connectivity index (χ4v) is 2.14. The van der Waals surface area contributed by atoms with Crippen LogP contribution in [-0.2, 0) is 4.74 Å². The summed E-state index contributed by atoms with van der Waals surface area (Å²) in [6, 6.07) is 10.8. The summed E-state index contributed by atoms with van der Waals surface area (Å²) in [5, 5.41) is 5.65. The minimum Gasteiger partial charge on any atom is -0.495 e. The molecule has 0 unspecified atom stereocenters. The van der Waals surface area contributed by atoms with E-state index in [9.17, 15) is 9.59 Å². The molecular weight excluding hydrogens is 320 g/mol. The number of anilines is 2. The van der Waals surface area contributed by atoms with Crippen LogP contribution in [0.5, 0.6) is 5.75 Å². The molecule has 0 heterocycles. The predicted octanol–water partition coefficient (Wildman–Crippen LogP) is 3.78. The van der Waals surface area contributed by atoms with Crippen molar-refractivity contribution >= 4 is 35.0 Å². The summed E-state index contributed by atoms with van der Waals surface area (Å²) in [7, 11) is 2.80. The van der Waals surface area contributed by atoms with Gasteiger partial charge in [0.2, 0.25) is 0 Å². The Bertz CT molecular complexity index is 734. The van der Waals surface area contributed by atoms with Crippen molar-refractivity contribution in [3.63, 3.8) is 0 Å². The highest BCUT2D eigenvalue weighted by Crippen LogP contribution is 2.27. The third kappa shape index (κ3) is 4.37. The van der Waals surface area contributed by atoms with Crippen LogP contribution in [0.1, 0.15) is 10.4 Å². The quantitative estimate of drug-likeness (QED) is 0.834. The van der Waals surface area contributed by atoms with E-state index in [2.05, 4.69) is 15.4 Å². The number of hydrogen-bond acceptors (Lipinski definition) is 4. The lowest BCUT2D eigenvalue weighted by molar-refractivity contribution is 0.0600. The molecule has 0 saturated carbocycles. The Hall–Kier alpha value is -2.73. The number of hydrogen-bond donors (Lipinski definition) is 2. The Balaban J connectivity index is 2.05. The van der Waals surface area contributed by atoms with Crippen molar-refractivity contribution in [2.75, 3.05) is 24.9 Å². The van der Waals surface area contributed by atoms with Gasteiger partial charge >= 0.3 is 12.0 Å². The predicted molar refractivity (Wildman–Crippen MR) is 88.4 cm³/mol. The second-order valence-electron chi connectivity index (χ2n) is 4.50. The smallest absolute Gasteiger partial charge is 0.337 e. The first-order valence-corrected chi connectivity index (χ1v) is 7.01. The molecule has 0 atom stereocenters. The highest BCUT2D eigenvalue weighted by atomic mass is 35.5. The number of esters is 1. The van der Waals surface area contributed by atoms with E-state index >= 15 is 0 Å². The van der Waals surface area contributed by atoms with E-state index in [0.29, 0.717) is 27.7 Å². The van der Waals surface area contributed by atoms with Gasteiger partial charge in [-0.15, -0.1) is 0 Å². The molecule has 0 aliphatic rings. The third-order valence-electron chi connectivity index (χ3n) is 2.95. The number of rotatable bonds is 4. The van der Waals surface area contributed by atoms with Crippen LogP contribution in [0.4, 0.5) is 16.2 Å². The first kappa shape index (κ1) is 16.6. The number of carbonyl (C=O) groups excluding carboxylic acids is 2. The SMILES string of the molecule is COC(=O)c1cccc(NC(=O)Nc2ccc(OC)c(Cl)c2)c1. The van der Waals surface area contributed by atoms with Gasteiger partial charge in [-0.2, -0.15) is 0 Å². The van der Waals surface area contributed by atoms with Crippen molar-refractivity contribution in [2.45, 2.75) is 0 Å². The zero-order valence-corrected chi connectivity index (χ0v) is 13.3. The van der Waals surface area contributed by atoms with Crippen LogP contribution >= 0.6 is 11.6 Å². The molecule has 0 bridgehead atoms. The Labute approximate surface area is 138 Å². The summed E-state index contributed by atoms with van der Waals surface area (Å²) >= 11 is 6.00. The summed E-state index contributed by atoms with van der Waals surface area (Å²) in [4.78, 5) is 23.4. The molecule has 0 aliphatic carbocycles. The van der Waals surface area contributed by atoms with Crippen LogP contribution in [0.15, 0.2) is 42.5 Å². The maximum atomic E-state index is 12.0. The van der Waals surface area contributed by atoms with Crippen molar-refractivity contribution in [3.8, 4) is 5.75 Å². The average Bonchev–Trinajstić information content (AvgIpc) is 2.54. The monoisotopic (exact) mass is 334 g/mol. The van der Waals surface area contributed by atoms with Gasteiger partial charge in [0.15, 0.2) is 0 Å². The first-order chi connectivity index (χ1) is 11.0. The normalized spacial score (nSPS) is 9.87. The van der Waals surface area contributed by atoms with Crippen molar-refractivity contribution in [2.24, 2.45) is 0 Å². The van der Waals surface area contributed by atoms with Crippen molar-refractivity contribution < 1.29 is 19.1 Å². The topological polar surface area (TPSA) is 76.7 Å². The van der Waals surface area contributed by atoms with Gasteiger partial charge < -0.3 is 20.1 Å². The van der Waals surface area contributed by atoms with Gasteiger partial charge in [0.1, 0.15) is 5.75 Å². The molecule has 2 aromatic carbocycles. The fourth-order valence-electron chi connectivity index (χ4n) is 1.88. The minimum atomic E-state index is -0.476. The highest BCUT2D eigenvalue weighted by Gasteiger charge is 2.09. The van der Waals surface area contributed by atoms with Crippen LogP contribution in [0.3, 0.4) is 0 Å². The van der Waals surface area contributed by atoms with Crippen LogP contribution in [0, 0.1) is 0 Å². The van der Waals surface area contributed by atoms with Gasteiger partial charge in [-0.1, -0.05) is 17.7 Å². The Morgan fingerprint density at radius 1 is 1.00 bits per heavy atom. The summed E-state index contributed by atoms with van der Waals surface area (Å²) in [6.45, 7) is 0. The average molecular weight is 335 g/mol. The Morgan fingerprint density at radius 2 is 1.70 bits per heavy atom. The molecule has 2 rings (SSSR count). The number of carbonyl (C=O) groups is 2. The largest absolute Gasteiger partial charge is 0.495 e. The number of amides is 2. The molecule has 0 saturated heterocycles. The maximum absolute atomic E-state index is 12.0. The zero-order valence-electron chi connectivity index (χ0n) is 12.6. The fraction of sp³-hybridized carbons (Fsp3) is 0.125. The second kappa shape index (κ2) is 7.51. The molecule has 0 spiro atoms. The molecule has 23 heavy (non-hydrogen) atoms. The molecule has 0 aromatic heterocycles. The van der Waals surface area contributed by atoms with Gasteiger partial charge in [-0.25, -0.2) is 9.59 Å². The molecule has 7 heteroatoms. The van der Waals surface area contributed by atoms with Crippen LogP contribution in [0.2, 0.25) is 5.02 Å². The molecule has 0 fully saturated rings. The second-order valence-corrected chi connectivity index (χ2v) is 4.91. The molecule has 120 valence electrons. The summed E-state index contributed by atoms with van der Waals surface area (Å²) < 4.78 is 9.68. The van der Waals surface area contributed by atoms with Crippen LogP contribution in [-0.4, -0.2) is 26.2 Å². The third-order valence-corrected chi connectivity index (χ3v) is 3.25. The minimum absolute atomic E-state index is 0.345. The highest BCUT2D eigenvalue weighted by molar-refractivity contribution is 6.32. The zero-order chi connectivity index (χ0) is 16.8. The Morgan fingerprint density at radius 3 is 2.30 bits per heavy atom. The number of nitrogens with one attached hydrogen (secondary N) is 2. The van der Waals surface area contributed by atoms with E-state index in [4.69, 9.17) is 16.3 Å². The van der Waals surface area contributed by atoms with E-state index in [1.807, 2.05) is 0 Å². The molecule has 2 N–H and O–H groups in total. The van der Waals surface area contributed by atoms with Gasteiger partial charge in [-0.05, 0) is 36.4 Å².